The molecule has 0 radical (unpaired) electrons. The third-order valence-corrected chi connectivity index (χ3v) is 3.46. The molecule has 0 spiro atoms. The topological polar surface area (TPSA) is 57.5 Å². The summed E-state index contributed by atoms with van der Waals surface area (Å²) in [5, 5.41) is 19.4. The molecule has 21 heavy (non-hydrogen) atoms. The van der Waals surface area contributed by atoms with Gasteiger partial charge in [-0.15, -0.1) is 0 Å². The lowest BCUT2D eigenvalue weighted by Crippen LogP contribution is -2.10. The van der Waals surface area contributed by atoms with Crippen LogP contribution in [-0.2, 0) is 0 Å². The summed E-state index contributed by atoms with van der Waals surface area (Å²) >= 11 is 0. The molecule has 1 atom stereocenters. The van der Waals surface area contributed by atoms with Crippen LogP contribution in [0.15, 0.2) is 30.3 Å². The molecule has 0 aromatic heterocycles. The molecule has 0 saturated heterocycles. The maximum atomic E-state index is 13.4. The molecule has 0 saturated carbocycles. The average molecular weight is 292 g/mol. The predicted octanol–water partition coefficient (Wildman–Crippen LogP) is 3.36. The molecule has 5 heteroatoms. The van der Waals surface area contributed by atoms with E-state index in [2.05, 4.69) is 0 Å². The fraction of sp³-hybridized carbons (Fsp3) is 0.188. The summed E-state index contributed by atoms with van der Waals surface area (Å²) in [6.07, 6.45) is -1.34. The molecule has 2 N–H and O–H groups in total. The molecule has 0 aliphatic carbocycles. The fourth-order valence-corrected chi connectivity index (χ4v) is 2.09. The highest BCUT2D eigenvalue weighted by atomic mass is 19.2. The van der Waals surface area contributed by atoms with Crippen LogP contribution < -0.4 is 0 Å². The van der Waals surface area contributed by atoms with Gasteiger partial charge in [0.1, 0.15) is 6.10 Å². The minimum Gasteiger partial charge on any atom is -0.478 e. The number of carbonyl (C=O) groups is 1. The lowest BCUT2D eigenvalue weighted by atomic mass is 9.94. The van der Waals surface area contributed by atoms with Gasteiger partial charge < -0.3 is 10.2 Å². The van der Waals surface area contributed by atoms with E-state index in [1.165, 1.54) is 0 Å². The van der Waals surface area contributed by atoms with Crippen LogP contribution in [-0.4, -0.2) is 16.2 Å². The SMILES string of the molecule is Cc1ccc(C(O)c2cc(F)c(F)cc2C(=O)O)cc1C. The van der Waals surface area contributed by atoms with E-state index in [0.717, 1.165) is 17.2 Å². The molecule has 2 rings (SSSR count). The van der Waals surface area contributed by atoms with E-state index >= 15 is 0 Å². The monoisotopic (exact) mass is 292 g/mol. The Kier molecular flexibility index (Phi) is 4.04. The molecular weight excluding hydrogens is 278 g/mol. The van der Waals surface area contributed by atoms with Gasteiger partial charge in [-0.25, -0.2) is 13.6 Å². The summed E-state index contributed by atoms with van der Waals surface area (Å²) in [4.78, 5) is 11.1. The number of benzene rings is 2. The summed E-state index contributed by atoms with van der Waals surface area (Å²) in [7, 11) is 0. The second kappa shape index (κ2) is 5.61. The van der Waals surface area contributed by atoms with Gasteiger partial charge in [0.15, 0.2) is 11.6 Å². The normalized spacial score (nSPS) is 12.2. The van der Waals surface area contributed by atoms with Crippen LogP contribution in [0.25, 0.3) is 0 Å². The average Bonchev–Trinajstić information content (AvgIpc) is 2.43. The van der Waals surface area contributed by atoms with E-state index in [9.17, 15) is 18.7 Å². The zero-order chi connectivity index (χ0) is 15.7. The van der Waals surface area contributed by atoms with Gasteiger partial charge in [0.05, 0.1) is 5.56 Å². The smallest absolute Gasteiger partial charge is 0.336 e. The van der Waals surface area contributed by atoms with Gasteiger partial charge in [0.25, 0.3) is 0 Å². The number of hydrogen-bond acceptors (Lipinski definition) is 2. The van der Waals surface area contributed by atoms with Crippen molar-refractivity contribution in [2.75, 3.05) is 0 Å². The van der Waals surface area contributed by atoms with Gasteiger partial charge in [-0.3, -0.25) is 0 Å². The highest BCUT2D eigenvalue weighted by Crippen LogP contribution is 2.28. The lowest BCUT2D eigenvalue weighted by molar-refractivity contribution is 0.0690. The van der Waals surface area contributed by atoms with Crippen LogP contribution in [0.2, 0.25) is 0 Å². The largest absolute Gasteiger partial charge is 0.478 e. The number of aliphatic hydroxyl groups is 1. The number of halogens is 2. The Hall–Kier alpha value is -2.27. The molecule has 0 aliphatic rings. The number of carboxylic acids is 1. The number of aromatic carboxylic acids is 1. The summed E-state index contributed by atoms with van der Waals surface area (Å²) in [5.41, 5.74) is 1.71. The first-order valence-electron chi connectivity index (χ1n) is 6.28. The van der Waals surface area contributed by atoms with Crippen molar-refractivity contribution < 1.29 is 23.8 Å². The van der Waals surface area contributed by atoms with Crippen molar-refractivity contribution in [3.05, 3.63) is 69.8 Å². The first-order chi connectivity index (χ1) is 9.81. The molecule has 0 aliphatic heterocycles. The maximum absolute atomic E-state index is 13.4. The Morgan fingerprint density at radius 3 is 2.24 bits per heavy atom. The summed E-state index contributed by atoms with van der Waals surface area (Å²) in [5.74, 6) is -3.88. The van der Waals surface area contributed by atoms with Gasteiger partial charge >= 0.3 is 5.97 Å². The quantitative estimate of drug-likeness (QED) is 0.912. The Bertz CT molecular complexity index is 711. The molecule has 3 nitrogen and oxygen atoms in total. The Balaban J connectivity index is 2.56. The van der Waals surface area contributed by atoms with Crippen molar-refractivity contribution >= 4 is 5.97 Å². The zero-order valence-corrected chi connectivity index (χ0v) is 11.5. The van der Waals surface area contributed by atoms with E-state index in [1.54, 1.807) is 18.2 Å². The Morgan fingerprint density at radius 1 is 1.05 bits per heavy atom. The van der Waals surface area contributed by atoms with Crippen molar-refractivity contribution in [1.29, 1.82) is 0 Å². The third-order valence-electron chi connectivity index (χ3n) is 3.46. The van der Waals surface area contributed by atoms with Crippen LogP contribution in [0.4, 0.5) is 8.78 Å². The molecular formula is C16H14F2O3. The van der Waals surface area contributed by atoms with Gasteiger partial charge in [0.2, 0.25) is 0 Å². The van der Waals surface area contributed by atoms with Crippen LogP contribution in [0, 0.1) is 25.5 Å². The zero-order valence-electron chi connectivity index (χ0n) is 11.5. The van der Waals surface area contributed by atoms with Crippen LogP contribution in [0.5, 0.6) is 0 Å². The minimum atomic E-state index is -1.42. The molecule has 0 bridgehead atoms. The van der Waals surface area contributed by atoms with Gasteiger partial charge in [-0.1, -0.05) is 18.2 Å². The van der Waals surface area contributed by atoms with Crippen LogP contribution in [0.1, 0.15) is 38.7 Å². The van der Waals surface area contributed by atoms with Gasteiger partial charge in [0, 0.05) is 5.56 Å². The Labute approximate surface area is 120 Å². The Morgan fingerprint density at radius 2 is 1.67 bits per heavy atom. The molecule has 0 amide bonds. The second-order valence-corrected chi connectivity index (χ2v) is 4.90. The lowest BCUT2D eigenvalue weighted by Gasteiger charge is -2.16. The second-order valence-electron chi connectivity index (χ2n) is 4.90. The summed E-state index contributed by atoms with van der Waals surface area (Å²) < 4.78 is 26.5. The van der Waals surface area contributed by atoms with E-state index in [-0.39, 0.29) is 5.56 Å². The molecule has 0 heterocycles. The van der Waals surface area contributed by atoms with E-state index in [0.29, 0.717) is 11.6 Å². The first kappa shape index (κ1) is 15.1. The molecule has 1 unspecified atom stereocenters. The van der Waals surface area contributed by atoms with Crippen molar-refractivity contribution in [2.24, 2.45) is 0 Å². The molecule has 110 valence electrons. The van der Waals surface area contributed by atoms with Crippen molar-refractivity contribution in [1.82, 2.24) is 0 Å². The van der Waals surface area contributed by atoms with E-state index in [1.807, 2.05) is 13.8 Å². The van der Waals surface area contributed by atoms with Gasteiger partial charge in [-0.2, -0.15) is 0 Å². The van der Waals surface area contributed by atoms with Crippen molar-refractivity contribution in [3.8, 4) is 0 Å². The standard InChI is InChI=1S/C16H14F2O3/c1-8-3-4-10(5-9(8)2)15(19)11-6-13(17)14(18)7-12(11)16(20)21/h3-7,15,19H,1-2H3,(H,20,21). The highest BCUT2D eigenvalue weighted by molar-refractivity contribution is 5.89. The van der Waals surface area contributed by atoms with E-state index < -0.39 is 29.3 Å². The molecule has 2 aromatic rings. The number of rotatable bonds is 3. The molecule has 0 fully saturated rings. The molecule has 2 aromatic carbocycles. The number of carboxylic acid groups (broad SMARTS) is 1. The number of hydrogen-bond donors (Lipinski definition) is 2. The van der Waals surface area contributed by atoms with Crippen LogP contribution in [0.3, 0.4) is 0 Å². The van der Waals surface area contributed by atoms with Crippen molar-refractivity contribution in [3.63, 3.8) is 0 Å². The number of aryl methyl sites for hydroxylation is 2. The number of aliphatic hydroxyl groups excluding tert-OH is 1. The third kappa shape index (κ3) is 2.92. The van der Waals surface area contributed by atoms with Gasteiger partial charge in [-0.05, 0) is 42.7 Å². The minimum absolute atomic E-state index is 0.176. The first-order valence-corrected chi connectivity index (χ1v) is 6.28. The van der Waals surface area contributed by atoms with E-state index in [4.69, 9.17) is 5.11 Å². The van der Waals surface area contributed by atoms with Crippen LogP contribution >= 0.6 is 0 Å². The maximum Gasteiger partial charge on any atom is 0.336 e. The summed E-state index contributed by atoms with van der Waals surface area (Å²) in [6, 6.07) is 6.39. The summed E-state index contributed by atoms with van der Waals surface area (Å²) in [6.45, 7) is 3.74. The predicted molar refractivity (Wildman–Crippen MR) is 73.3 cm³/mol. The van der Waals surface area contributed by atoms with Crippen molar-refractivity contribution in [2.45, 2.75) is 20.0 Å². The highest BCUT2D eigenvalue weighted by Gasteiger charge is 2.22. The fourth-order valence-electron chi connectivity index (χ4n) is 2.09.